The lowest BCUT2D eigenvalue weighted by atomic mass is 9.92. The van der Waals surface area contributed by atoms with Crippen LogP contribution in [0.1, 0.15) is 26.3 Å². The minimum atomic E-state index is -1.19. The largest absolute Gasteiger partial charge is 0.354 e. The van der Waals surface area contributed by atoms with E-state index in [-0.39, 0.29) is 12.5 Å². The van der Waals surface area contributed by atoms with Crippen molar-refractivity contribution >= 4 is 29.4 Å². The highest BCUT2D eigenvalue weighted by Gasteiger charge is 2.49. The van der Waals surface area contributed by atoms with E-state index in [9.17, 15) is 14.4 Å². The van der Waals surface area contributed by atoms with Crippen molar-refractivity contribution in [3.8, 4) is 0 Å². The molecule has 1 heterocycles. The van der Waals surface area contributed by atoms with Gasteiger partial charge in [0.2, 0.25) is 5.91 Å². The Labute approximate surface area is 140 Å². The fraction of sp³-hybridized carbons (Fsp3) is 0.438. The van der Waals surface area contributed by atoms with Crippen molar-refractivity contribution in [2.75, 3.05) is 13.1 Å². The number of rotatable bonds is 5. The summed E-state index contributed by atoms with van der Waals surface area (Å²) >= 11 is 5.85. The Hall–Kier alpha value is -2.08. The van der Waals surface area contributed by atoms with Gasteiger partial charge in [-0.1, -0.05) is 37.6 Å². The molecule has 0 saturated carbocycles. The molecule has 1 aromatic carbocycles. The molecule has 0 bridgehead atoms. The first-order valence-corrected chi connectivity index (χ1v) is 7.78. The van der Waals surface area contributed by atoms with E-state index >= 15 is 0 Å². The van der Waals surface area contributed by atoms with Gasteiger partial charge < -0.3 is 10.6 Å². The first-order valence-electron chi connectivity index (χ1n) is 7.41. The van der Waals surface area contributed by atoms with Gasteiger partial charge in [0.1, 0.15) is 12.1 Å². The molecule has 0 unspecified atom stereocenters. The third-order valence-electron chi connectivity index (χ3n) is 3.71. The standard InChI is InChI=1S/C16H20ClN3O3/c1-10(2)8-18-13(21)9-20-14(22)16(3,19-15(20)23)11-4-6-12(17)7-5-11/h4-7,10H,8-9H2,1-3H3,(H,18,21)(H,19,23)/t16-/m0/s1. The second-order valence-corrected chi connectivity index (χ2v) is 6.59. The quantitative estimate of drug-likeness (QED) is 0.805. The van der Waals surface area contributed by atoms with Gasteiger partial charge in [-0.2, -0.15) is 0 Å². The number of amides is 4. The minimum Gasteiger partial charge on any atom is -0.354 e. The molecule has 0 radical (unpaired) electrons. The maximum Gasteiger partial charge on any atom is 0.325 e. The molecule has 124 valence electrons. The van der Waals surface area contributed by atoms with Crippen LogP contribution in [-0.2, 0) is 15.1 Å². The van der Waals surface area contributed by atoms with Crippen LogP contribution in [0.25, 0.3) is 0 Å². The average molecular weight is 338 g/mol. The number of benzene rings is 1. The summed E-state index contributed by atoms with van der Waals surface area (Å²) in [6.45, 7) is 5.75. The van der Waals surface area contributed by atoms with Gasteiger partial charge in [0.25, 0.3) is 5.91 Å². The molecule has 2 N–H and O–H groups in total. The average Bonchev–Trinajstić information content (AvgIpc) is 2.70. The Bertz CT molecular complexity index is 630. The predicted octanol–water partition coefficient (Wildman–Crippen LogP) is 1.88. The molecule has 0 spiro atoms. The maximum atomic E-state index is 12.6. The molecular weight excluding hydrogens is 318 g/mol. The lowest BCUT2D eigenvalue weighted by molar-refractivity contribution is -0.134. The summed E-state index contributed by atoms with van der Waals surface area (Å²) in [5.41, 5.74) is -0.578. The third-order valence-corrected chi connectivity index (χ3v) is 3.96. The Morgan fingerprint density at radius 1 is 1.30 bits per heavy atom. The summed E-state index contributed by atoms with van der Waals surface area (Å²) < 4.78 is 0. The van der Waals surface area contributed by atoms with Crippen LogP contribution in [0.3, 0.4) is 0 Å². The number of nitrogens with zero attached hydrogens (tertiary/aromatic N) is 1. The number of hydrogen-bond acceptors (Lipinski definition) is 3. The normalized spacial score (nSPS) is 20.8. The van der Waals surface area contributed by atoms with Crippen molar-refractivity contribution in [2.45, 2.75) is 26.3 Å². The molecule has 2 rings (SSSR count). The van der Waals surface area contributed by atoms with Gasteiger partial charge in [-0.3, -0.25) is 14.5 Å². The SMILES string of the molecule is CC(C)CNC(=O)CN1C(=O)N[C@@](C)(c2ccc(Cl)cc2)C1=O. The van der Waals surface area contributed by atoms with Crippen molar-refractivity contribution in [2.24, 2.45) is 5.92 Å². The van der Waals surface area contributed by atoms with Crippen LogP contribution in [-0.4, -0.2) is 35.8 Å². The van der Waals surface area contributed by atoms with Crippen molar-refractivity contribution in [1.82, 2.24) is 15.5 Å². The number of imide groups is 1. The van der Waals surface area contributed by atoms with E-state index in [1.54, 1.807) is 31.2 Å². The van der Waals surface area contributed by atoms with Gasteiger partial charge in [0, 0.05) is 11.6 Å². The van der Waals surface area contributed by atoms with Crippen molar-refractivity contribution in [3.63, 3.8) is 0 Å². The van der Waals surface area contributed by atoms with Gasteiger partial charge >= 0.3 is 6.03 Å². The van der Waals surface area contributed by atoms with E-state index in [0.717, 1.165) is 4.90 Å². The Morgan fingerprint density at radius 2 is 1.91 bits per heavy atom. The Kier molecular flexibility index (Phi) is 4.94. The fourth-order valence-corrected chi connectivity index (χ4v) is 2.46. The van der Waals surface area contributed by atoms with E-state index in [1.807, 2.05) is 13.8 Å². The molecule has 1 aliphatic rings. The van der Waals surface area contributed by atoms with Crippen LogP contribution in [0.15, 0.2) is 24.3 Å². The zero-order chi connectivity index (χ0) is 17.2. The summed E-state index contributed by atoms with van der Waals surface area (Å²) in [5.74, 6) is -0.520. The smallest absolute Gasteiger partial charge is 0.325 e. The number of hydrogen-bond donors (Lipinski definition) is 2. The first kappa shape index (κ1) is 17.3. The van der Waals surface area contributed by atoms with Gasteiger partial charge in [0.15, 0.2) is 0 Å². The Morgan fingerprint density at radius 3 is 2.48 bits per heavy atom. The van der Waals surface area contributed by atoms with Crippen LogP contribution >= 0.6 is 11.6 Å². The summed E-state index contributed by atoms with van der Waals surface area (Å²) in [5, 5.41) is 5.89. The van der Waals surface area contributed by atoms with Gasteiger partial charge in [-0.05, 0) is 30.5 Å². The molecule has 1 aliphatic heterocycles. The topological polar surface area (TPSA) is 78.5 Å². The van der Waals surface area contributed by atoms with E-state index < -0.39 is 17.5 Å². The van der Waals surface area contributed by atoms with Crippen LogP contribution in [0, 0.1) is 5.92 Å². The number of carbonyl (C=O) groups excluding carboxylic acids is 3. The molecule has 0 aromatic heterocycles. The zero-order valence-corrected chi connectivity index (χ0v) is 14.1. The van der Waals surface area contributed by atoms with Crippen LogP contribution in [0.2, 0.25) is 5.02 Å². The molecular formula is C16H20ClN3O3. The van der Waals surface area contributed by atoms with Crippen LogP contribution in [0.4, 0.5) is 4.79 Å². The van der Waals surface area contributed by atoms with Crippen molar-refractivity contribution < 1.29 is 14.4 Å². The summed E-state index contributed by atoms with van der Waals surface area (Å²) in [4.78, 5) is 37.5. The van der Waals surface area contributed by atoms with Gasteiger partial charge in [-0.25, -0.2) is 4.79 Å². The highest BCUT2D eigenvalue weighted by atomic mass is 35.5. The maximum absolute atomic E-state index is 12.6. The molecule has 1 aromatic rings. The lowest BCUT2D eigenvalue weighted by Crippen LogP contribution is -2.43. The third kappa shape index (κ3) is 3.64. The van der Waals surface area contributed by atoms with E-state index in [1.165, 1.54) is 0 Å². The van der Waals surface area contributed by atoms with Crippen LogP contribution in [0.5, 0.6) is 0 Å². The summed E-state index contributed by atoms with van der Waals surface area (Å²) in [6, 6.07) is 6.09. The molecule has 1 saturated heterocycles. The molecule has 6 nitrogen and oxygen atoms in total. The van der Waals surface area contributed by atoms with Gasteiger partial charge in [0.05, 0.1) is 0 Å². The molecule has 1 fully saturated rings. The van der Waals surface area contributed by atoms with E-state index in [4.69, 9.17) is 11.6 Å². The second-order valence-electron chi connectivity index (χ2n) is 6.15. The monoisotopic (exact) mass is 337 g/mol. The first-order chi connectivity index (χ1) is 10.7. The van der Waals surface area contributed by atoms with Gasteiger partial charge in [-0.15, -0.1) is 0 Å². The molecule has 1 atom stereocenters. The highest BCUT2D eigenvalue weighted by molar-refractivity contribution is 6.30. The Balaban J connectivity index is 2.13. The van der Waals surface area contributed by atoms with Crippen molar-refractivity contribution in [1.29, 1.82) is 0 Å². The van der Waals surface area contributed by atoms with E-state index in [2.05, 4.69) is 10.6 Å². The second kappa shape index (κ2) is 6.58. The molecule has 0 aliphatic carbocycles. The molecule has 7 heteroatoms. The number of nitrogens with one attached hydrogen (secondary N) is 2. The fourth-order valence-electron chi connectivity index (χ4n) is 2.34. The number of urea groups is 1. The summed E-state index contributed by atoms with van der Waals surface area (Å²) in [7, 11) is 0. The van der Waals surface area contributed by atoms with Crippen molar-refractivity contribution in [3.05, 3.63) is 34.9 Å². The summed E-state index contributed by atoms with van der Waals surface area (Å²) in [6.07, 6.45) is 0. The highest BCUT2D eigenvalue weighted by Crippen LogP contribution is 2.29. The minimum absolute atomic E-state index is 0.291. The van der Waals surface area contributed by atoms with Crippen LogP contribution < -0.4 is 10.6 Å². The van der Waals surface area contributed by atoms with E-state index in [0.29, 0.717) is 23.0 Å². The number of halogens is 1. The number of carbonyl (C=O) groups is 3. The predicted molar refractivity (Wildman–Crippen MR) is 86.9 cm³/mol. The lowest BCUT2D eigenvalue weighted by Gasteiger charge is -2.22. The molecule has 4 amide bonds. The zero-order valence-electron chi connectivity index (χ0n) is 13.4. The molecule has 23 heavy (non-hydrogen) atoms.